The van der Waals surface area contributed by atoms with E-state index < -0.39 is 0 Å². The fraction of sp³-hybridized carbons (Fsp3) is 0.0500. The number of hydrogen-bond acceptors (Lipinski definition) is 4. The molecule has 1 unspecified atom stereocenters. The van der Waals surface area contributed by atoms with Crippen molar-refractivity contribution in [3.63, 3.8) is 0 Å². The van der Waals surface area contributed by atoms with Crippen LogP contribution in [0.2, 0.25) is 0 Å². The summed E-state index contributed by atoms with van der Waals surface area (Å²) in [6.45, 7) is 0. The maximum absolute atomic E-state index is 12.2. The first kappa shape index (κ1) is 16.9. The molecule has 1 aromatic heterocycles. The topological polar surface area (TPSA) is 69.6 Å². The molecule has 5 heterocycles. The molecule has 5 rings (SSSR count). The first-order valence-electron chi connectivity index (χ1n) is 8.09. The summed E-state index contributed by atoms with van der Waals surface area (Å²) >= 11 is 0. The van der Waals surface area contributed by atoms with Gasteiger partial charge in [-0.15, -0.1) is 0 Å². The van der Waals surface area contributed by atoms with Crippen molar-refractivity contribution in [2.24, 2.45) is 9.98 Å². The summed E-state index contributed by atoms with van der Waals surface area (Å²) in [5.41, 5.74) is 4.15. The second kappa shape index (κ2) is 6.62. The van der Waals surface area contributed by atoms with Crippen molar-refractivity contribution in [1.82, 2.24) is 10.3 Å². The number of carbonyl (C=O) groups is 1. The molecule has 5 nitrogen and oxygen atoms in total. The van der Waals surface area contributed by atoms with Crippen LogP contribution in [0.5, 0.6) is 0 Å². The molecule has 0 aromatic carbocycles. The molecule has 26 heavy (non-hydrogen) atoms. The Morgan fingerprint density at radius 3 is 2.35 bits per heavy atom. The van der Waals surface area contributed by atoms with Crippen LogP contribution in [-0.2, 0) is 31.0 Å². The molecule has 0 saturated carbocycles. The predicted octanol–water partition coefficient (Wildman–Crippen LogP) is 0.801. The van der Waals surface area contributed by atoms with Crippen LogP contribution in [0.25, 0.3) is 12.2 Å². The van der Waals surface area contributed by atoms with Gasteiger partial charge in [0.25, 0.3) is 0 Å². The van der Waals surface area contributed by atoms with Gasteiger partial charge < -0.3 is 10.3 Å². The average molecular weight is 418 g/mol. The zero-order valence-corrected chi connectivity index (χ0v) is 16.2. The molecule has 6 heteroatoms. The number of aliphatic imine (C=N–C) groups is 2. The van der Waals surface area contributed by atoms with Gasteiger partial charge in [0.2, 0.25) is 0 Å². The number of hydrogen-bond donors (Lipinski definition) is 2. The van der Waals surface area contributed by atoms with Crippen molar-refractivity contribution < 1.29 is 31.0 Å². The number of nitrogens with one attached hydrogen (secondary N) is 2. The fourth-order valence-corrected chi connectivity index (χ4v) is 3.11. The number of rotatable bonds is 0. The van der Waals surface area contributed by atoms with Crippen molar-refractivity contribution >= 4 is 29.4 Å². The van der Waals surface area contributed by atoms with Gasteiger partial charge in [0.05, 0.1) is 22.8 Å². The summed E-state index contributed by atoms with van der Waals surface area (Å²) in [6.07, 6.45) is 17.1. The zero-order chi connectivity index (χ0) is 16.8. The van der Waals surface area contributed by atoms with Crippen LogP contribution in [0, 0.1) is 0 Å². The van der Waals surface area contributed by atoms with Gasteiger partial charge in [-0.25, -0.2) is 9.98 Å². The Morgan fingerprint density at radius 2 is 1.50 bits per heavy atom. The summed E-state index contributed by atoms with van der Waals surface area (Å²) in [6, 6.07) is 3.59. The molecular formula is C20H14N4OZr. The van der Waals surface area contributed by atoms with Gasteiger partial charge in [-0.3, -0.25) is 4.79 Å². The molecule has 0 spiro atoms. The third-order valence-electron chi connectivity index (χ3n) is 4.27. The van der Waals surface area contributed by atoms with Gasteiger partial charge in [0.1, 0.15) is 6.04 Å². The van der Waals surface area contributed by atoms with Crippen molar-refractivity contribution in [3.05, 3.63) is 82.5 Å². The number of carbonyl (C=O) groups excluding carboxylic acids is 1. The second-order valence-electron chi connectivity index (χ2n) is 6.18. The van der Waals surface area contributed by atoms with Gasteiger partial charge in [-0.05, 0) is 60.7 Å². The monoisotopic (exact) mass is 416 g/mol. The number of aromatic nitrogens is 1. The number of ketones is 1. The quantitative estimate of drug-likeness (QED) is 0.656. The smallest absolute Gasteiger partial charge is 0.183 e. The third-order valence-corrected chi connectivity index (χ3v) is 4.27. The molecule has 0 fully saturated rings. The van der Waals surface area contributed by atoms with Crippen molar-refractivity contribution in [1.29, 1.82) is 0 Å². The Bertz CT molecular complexity index is 1140. The van der Waals surface area contributed by atoms with Crippen molar-refractivity contribution in [2.45, 2.75) is 6.04 Å². The Hall–Kier alpha value is -2.59. The molecule has 124 valence electrons. The summed E-state index contributed by atoms with van der Waals surface area (Å²) in [4.78, 5) is 24.7. The maximum atomic E-state index is 12.2. The molecule has 1 atom stereocenters. The zero-order valence-electron chi connectivity index (χ0n) is 13.7. The molecular weight excluding hydrogens is 403 g/mol. The van der Waals surface area contributed by atoms with E-state index in [2.05, 4.69) is 20.3 Å². The Kier molecular flexibility index (Phi) is 4.29. The molecule has 0 amide bonds. The van der Waals surface area contributed by atoms with E-state index in [0.717, 1.165) is 39.2 Å². The Morgan fingerprint density at radius 1 is 0.808 bits per heavy atom. The summed E-state index contributed by atoms with van der Waals surface area (Å²) in [5.74, 6) is 0.0318. The van der Waals surface area contributed by atoms with Crippen LogP contribution >= 0.6 is 0 Å². The first-order valence-corrected chi connectivity index (χ1v) is 8.09. The average Bonchev–Trinajstić information content (AvgIpc) is 3.33. The minimum atomic E-state index is -0.383. The molecule has 4 aliphatic rings. The fourth-order valence-electron chi connectivity index (χ4n) is 3.11. The van der Waals surface area contributed by atoms with Crippen LogP contribution in [0.1, 0.15) is 0 Å². The van der Waals surface area contributed by atoms with Gasteiger partial charge in [0.15, 0.2) is 5.78 Å². The van der Waals surface area contributed by atoms with Gasteiger partial charge >= 0.3 is 0 Å². The molecule has 0 aliphatic carbocycles. The number of fused-ring (bicyclic) bond motifs is 6. The summed E-state index contributed by atoms with van der Waals surface area (Å²) in [7, 11) is 0. The molecule has 8 bridgehead atoms. The molecule has 0 saturated heterocycles. The SMILES string of the molecule is O=C1C=C2C=c3ccc([nH]3)=CC3=NC(=CC4=NC(=CC1N2)C=C4)C=C3.[Zr]. The minimum absolute atomic E-state index is 0. The van der Waals surface area contributed by atoms with E-state index in [0.29, 0.717) is 0 Å². The second-order valence-corrected chi connectivity index (χ2v) is 6.18. The molecule has 1 aromatic rings. The van der Waals surface area contributed by atoms with Crippen LogP contribution in [0.4, 0.5) is 0 Å². The van der Waals surface area contributed by atoms with Gasteiger partial charge in [0, 0.05) is 48.7 Å². The van der Waals surface area contributed by atoms with Crippen LogP contribution in [0.3, 0.4) is 0 Å². The van der Waals surface area contributed by atoms with Gasteiger partial charge in [-0.1, -0.05) is 0 Å². The van der Waals surface area contributed by atoms with Gasteiger partial charge in [-0.2, -0.15) is 0 Å². The number of allylic oxidation sites excluding steroid dienone is 6. The van der Waals surface area contributed by atoms with Crippen molar-refractivity contribution in [3.8, 4) is 0 Å². The normalized spacial score (nSPS) is 22.2. The largest absolute Gasteiger partial charge is 0.372 e. The van der Waals surface area contributed by atoms with Crippen molar-refractivity contribution in [2.75, 3.05) is 0 Å². The predicted molar refractivity (Wildman–Crippen MR) is 98.3 cm³/mol. The van der Waals surface area contributed by atoms with E-state index in [-0.39, 0.29) is 38.0 Å². The van der Waals surface area contributed by atoms with Crippen LogP contribution in [0.15, 0.2) is 81.7 Å². The summed E-state index contributed by atoms with van der Waals surface area (Å²) < 4.78 is 0. The Balaban J connectivity index is 0.00000168. The van der Waals surface area contributed by atoms with E-state index in [1.54, 1.807) is 6.08 Å². The Labute approximate surface area is 168 Å². The number of H-pyrrole nitrogens is 1. The standard InChI is InChI=1S/C20H14N4O.Zr/c25-20-11-18-9-16-4-3-14(22-16)7-12-1-2-13(21-12)8-15-5-6-17(23-15)10-19(20)24-18;/h1-11,19,22,24H;. The molecule has 4 aliphatic heterocycles. The van der Waals surface area contributed by atoms with E-state index in [1.807, 2.05) is 60.7 Å². The molecule has 2 N–H and O–H groups in total. The summed E-state index contributed by atoms with van der Waals surface area (Å²) in [5, 5.41) is 5.12. The minimum Gasteiger partial charge on any atom is -0.372 e. The number of nitrogens with zero attached hydrogens (tertiary/aromatic N) is 2. The number of aromatic amines is 1. The van der Waals surface area contributed by atoms with E-state index in [9.17, 15) is 4.79 Å². The molecule has 0 radical (unpaired) electrons. The van der Waals surface area contributed by atoms with E-state index >= 15 is 0 Å². The van der Waals surface area contributed by atoms with E-state index in [1.165, 1.54) is 0 Å². The van der Waals surface area contributed by atoms with Crippen LogP contribution < -0.4 is 16.0 Å². The first-order chi connectivity index (χ1) is 12.2. The van der Waals surface area contributed by atoms with Crippen LogP contribution in [-0.4, -0.2) is 28.2 Å². The maximum Gasteiger partial charge on any atom is 0.183 e. The third kappa shape index (κ3) is 3.25. The van der Waals surface area contributed by atoms with E-state index in [4.69, 9.17) is 0 Å².